The zero-order valence-corrected chi connectivity index (χ0v) is 19.0. The zero-order chi connectivity index (χ0) is 22.7. The smallest absolute Gasteiger partial charge is 0.167 e. The van der Waals surface area contributed by atoms with E-state index in [0.29, 0.717) is 35.1 Å². The average Bonchev–Trinajstić information content (AvgIpc) is 3.46. The van der Waals surface area contributed by atoms with Gasteiger partial charge in [-0.05, 0) is 73.1 Å². The summed E-state index contributed by atoms with van der Waals surface area (Å²) >= 11 is 0. The number of carbonyl (C=O) groups is 1. The molecule has 0 unspecified atom stereocenters. The summed E-state index contributed by atoms with van der Waals surface area (Å²) < 4.78 is 13.1. The van der Waals surface area contributed by atoms with Gasteiger partial charge in [-0.1, -0.05) is 24.3 Å². The molecule has 1 aromatic heterocycles. The number of benzene rings is 2. The van der Waals surface area contributed by atoms with Crippen molar-refractivity contribution in [3.63, 3.8) is 0 Å². The highest BCUT2D eigenvalue weighted by atomic mass is 16.5. The third kappa shape index (κ3) is 4.58. The Morgan fingerprint density at radius 1 is 1.03 bits per heavy atom. The van der Waals surface area contributed by atoms with E-state index in [0.717, 1.165) is 19.3 Å². The molecule has 1 heterocycles. The molecule has 1 aliphatic rings. The molecule has 1 N–H and O–H groups in total. The Labute approximate surface area is 189 Å². The SMILES string of the molecule is COc1cc([C@@H](O)[C@@H](CC2Cc3ccccc3C2)Cn2cccc2)cc(OC)c1C(C)=O. The van der Waals surface area contributed by atoms with Crippen molar-refractivity contribution >= 4 is 5.78 Å². The maximum atomic E-state index is 12.1. The number of carbonyl (C=O) groups excluding carboxylic acids is 1. The van der Waals surface area contributed by atoms with Crippen molar-refractivity contribution < 1.29 is 19.4 Å². The molecule has 0 amide bonds. The summed E-state index contributed by atoms with van der Waals surface area (Å²) in [5.74, 6) is 1.22. The van der Waals surface area contributed by atoms with Gasteiger partial charge < -0.3 is 19.1 Å². The number of nitrogens with zero attached hydrogens (tertiary/aromatic N) is 1. The number of aliphatic hydroxyl groups is 1. The normalized spacial score (nSPS) is 15.2. The lowest BCUT2D eigenvalue weighted by Gasteiger charge is -2.27. The molecule has 0 spiro atoms. The summed E-state index contributed by atoms with van der Waals surface area (Å²) in [7, 11) is 3.06. The van der Waals surface area contributed by atoms with Gasteiger partial charge in [0.15, 0.2) is 5.78 Å². The molecular weight excluding hydrogens is 402 g/mol. The number of hydrogen-bond acceptors (Lipinski definition) is 4. The summed E-state index contributed by atoms with van der Waals surface area (Å²) in [6.45, 7) is 2.20. The summed E-state index contributed by atoms with van der Waals surface area (Å²) in [5, 5.41) is 11.5. The second-order valence-electron chi connectivity index (χ2n) is 8.72. The van der Waals surface area contributed by atoms with Crippen LogP contribution in [0.15, 0.2) is 60.9 Å². The second kappa shape index (κ2) is 9.61. The van der Waals surface area contributed by atoms with Gasteiger partial charge in [0, 0.05) is 24.9 Å². The Hall–Kier alpha value is -3.05. The van der Waals surface area contributed by atoms with Crippen molar-refractivity contribution in [3.05, 3.63) is 83.2 Å². The number of hydrogen-bond donors (Lipinski definition) is 1. The van der Waals surface area contributed by atoms with Gasteiger partial charge in [0.1, 0.15) is 17.1 Å². The largest absolute Gasteiger partial charge is 0.496 e. The van der Waals surface area contributed by atoms with E-state index in [1.807, 2.05) is 24.5 Å². The number of rotatable bonds is 9. The minimum Gasteiger partial charge on any atom is -0.496 e. The van der Waals surface area contributed by atoms with Crippen LogP contribution in [-0.4, -0.2) is 29.7 Å². The molecule has 0 bridgehead atoms. The molecular formula is C27H31NO4. The highest BCUT2D eigenvalue weighted by Gasteiger charge is 2.30. The molecule has 5 heteroatoms. The maximum absolute atomic E-state index is 12.1. The number of ketones is 1. The van der Waals surface area contributed by atoms with Crippen molar-refractivity contribution in [1.82, 2.24) is 4.57 Å². The van der Waals surface area contributed by atoms with Crippen LogP contribution in [-0.2, 0) is 19.4 Å². The minimum absolute atomic E-state index is 0.000646. The Balaban J connectivity index is 1.63. The van der Waals surface area contributed by atoms with Crippen LogP contribution < -0.4 is 9.47 Å². The van der Waals surface area contributed by atoms with Crippen molar-refractivity contribution in [3.8, 4) is 11.5 Å². The fourth-order valence-corrected chi connectivity index (χ4v) is 5.03. The zero-order valence-electron chi connectivity index (χ0n) is 19.0. The summed E-state index contributed by atoms with van der Waals surface area (Å²) in [6.07, 6.45) is 6.33. The van der Waals surface area contributed by atoms with Crippen molar-refractivity contribution in [2.75, 3.05) is 14.2 Å². The molecule has 168 valence electrons. The van der Waals surface area contributed by atoms with Gasteiger partial charge in [-0.25, -0.2) is 0 Å². The van der Waals surface area contributed by atoms with Gasteiger partial charge >= 0.3 is 0 Å². The van der Waals surface area contributed by atoms with Crippen LogP contribution in [0, 0.1) is 11.8 Å². The molecule has 2 aromatic carbocycles. The summed E-state index contributed by atoms with van der Waals surface area (Å²) in [5.41, 5.74) is 3.94. The Morgan fingerprint density at radius 2 is 1.59 bits per heavy atom. The van der Waals surface area contributed by atoms with Gasteiger partial charge in [-0.3, -0.25) is 4.79 Å². The van der Waals surface area contributed by atoms with Gasteiger partial charge in [0.25, 0.3) is 0 Å². The maximum Gasteiger partial charge on any atom is 0.167 e. The van der Waals surface area contributed by atoms with Gasteiger partial charge in [-0.2, -0.15) is 0 Å². The van der Waals surface area contributed by atoms with Crippen LogP contribution in [0.1, 0.15) is 46.5 Å². The van der Waals surface area contributed by atoms with Crippen LogP contribution in [0.2, 0.25) is 0 Å². The van der Waals surface area contributed by atoms with E-state index in [4.69, 9.17) is 9.47 Å². The molecule has 3 aromatic rings. The van der Waals surface area contributed by atoms with E-state index in [1.54, 1.807) is 12.1 Å². The van der Waals surface area contributed by atoms with Crippen LogP contribution in [0.4, 0.5) is 0 Å². The molecule has 2 atom stereocenters. The van der Waals surface area contributed by atoms with E-state index in [2.05, 4.69) is 28.8 Å². The highest BCUT2D eigenvalue weighted by molar-refractivity contribution is 5.99. The quantitative estimate of drug-likeness (QED) is 0.490. The first-order valence-electron chi connectivity index (χ1n) is 11.1. The molecule has 0 fully saturated rings. The van der Waals surface area contributed by atoms with E-state index >= 15 is 0 Å². The number of aliphatic hydroxyl groups excluding tert-OH is 1. The first-order chi connectivity index (χ1) is 15.5. The molecule has 32 heavy (non-hydrogen) atoms. The van der Waals surface area contributed by atoms with Crippen LogP contribution >= 0.6 is 0 Å². The minimum atomic E-state index is -0.718. The Morgan fingerprint density at radius 3 is 2.09 bits per heavy atom. The first-order valence-corrected chi connectivity index (χ1v) is 11.1. The predicted molar refractivity (Wildman–Crippen MR) is 124 cm³/mol. The lowest BCUT2D eigenvalue weighted by molar-refractivity contribution is 0.0814. The number of aromatic nitrogens is 1. The molecule has 1 aliphatic carbocycles. The van der Waals surface area contributed by atoms with E-state index in [9.17, 15) is 9.90 Å². The number of fused-ring (bicyclic) bond motifs is 1. The molecule has 0 saturated carbocycles. The topological polar surface area (TPSA) is 60.7 Å². The molecule has 4 rings (SSSR count). The average molecular weight is 434 g/mol. The fourth-order valence-electron chi connectivity index (χ4n) is 5.03. The Bertz CT molecular complexity index is 1020. The first kappa shape index (κ1) is 22.2. The van der Waals surface area contributed by atoms with E-state index < -0.39 is 6.10 Å². The third-order valence-electron chi connectivity index (χ3n) is 6.55. The van der Waals surface area contributed by atoms with Crippen molar-refractivity contribution in [2.24, 2.45) is 11.8 Å². The molecule has 0 aliphatic heterocycles. The molecule has 5 nitrogen and oxygen atoms in total. The molecule has 0 saturated heterocycles. The van der Waals surface area contributed by atoms with E-state index in [1.165, 1.54) is 32.3 Å². The predicted octanol–water partition coefficient (Wildman–Crippen LogP) is 4.86. The number of ether oxygens (including phenoxy) is 2. The lowest BCUT2D eigenvalue weighted by atomic mass is 9.85. The van der Waals surface area contributed by atoms with E-state index in [-0.39, 0.29) is 11.7 Å². The fraction of sp³-hybridized carbons (Fsp3) is 0.370. The van der Waals surface area contributed by atoms with Crippen LogP contribution in [0.25, 0.3) is 0 Å². The second-order valence-corrected chi connectivity index (χ2v) is 8.72. The molecule has 0 radical (unpaired) electrons. The van der Waals surface area contributed by atoms with Gasteiger partial charge in [0.05, 0.1) is 20.3 Å². The van der Waals surface area contributed by atoms with Crippen LogP contribution in [0.5, 0.6) is 11.5 Å². The summed E-state index contributed by atoms with van der Waals surface area (Å²) in [4.78, 5) is 12.1. The number of Topliss-reactive ketones (excluding diaryl/α,β-unsaturated/α-hetero) is 1. The highest BCUT2D eigenvalue weighted by Crippen LogP contribution is 2.39. The summed E-state index contributed by atoms with van der Waals surface area (Å²) in [6, 6.07) is 16.2. The van der Waals surface area contributed by atoms with Gasteiger partial charge in [0.2, 0.25) is 0 Å². The van der Waals surface area contributed by atoms with Crippen molar-refractivity contribution in [1.29, 1.82) is 0 Å². The van der Waals surface area contributed by atoms with Crippen LogP contribution in [0.3, 0.4) is 0 Å². The van der Waals surface area contributed by atoms with Crippen molar-refractivity contribution in [2.45, 2.75) is 38.8 Å². The number of methoxy groups -OCH3 is 2. The third-order valence-corrected chi connectivity index (χ3v) is 6.55. The van der Waals surface area contributed by atoms with Gasteiger partial charge in [-0.15, -0.1) is 0 Å². The Kier molecular flexibility index (Phi) is 6.66. The monoisotopic (exact) mass is 433 g/mol. The lowest BCUT2D eigenvalue weighted by Crippen LogP contribution is -2.22. The standard InChI is InChI=1S/C27H31NO4/c1-18(29)26-24(31-2)15-22(16-25(26)32-3)27(30)23(17-28-10-6-7-11-28)14-19-12-20-8-4-5-9-21(20)13-19/h4-11,15-16,19,23,27,30H,12-14,17H2,1-3H3/t23-,27+/m0/s1.